The van der Waals surface area contributed by atoms with Gasteiger partial charge in [0.25, 0.3) is 5.91 Å². The van der Waals surface area contributed by atoms with Gasteiger partial charge in [0.05, 0.1) is 43.8 Å². The minimum absolute atomic E-state index is 0.159. The summed E-state index contributed by atoms with van der Waals surface area (Å²) in [4.78, 5) is 58.4. The third-order valence-corrected chi connectivity index (χ3v) is 7.39. The summed E-state index contributed by atoms with van der Waals surface area (Å²) in [6, 6.07) is 13.6. The number of amides is 3. The lowest BCUT2D eigenvalue weighted by Gasteiger charge is -2.18. The number of aromatic nitrogens is 2. The Morgan fingerprint density at radius 3 is 1.88 bits per heavy atom. The Hall–Kier alpha value is -4.73. The van der Waals surface area contributed by atoms with Crippen LogP contribution in [0.1, 0.15) is 82.9 Å². The van der Waals surface area contributed by atoms with Crippen molar-refractivity contribution in [3.8, 4) is 0 Å². The van der Waals surface area contributed by atoms with Gasteiger partial charge in [-0.05, 0) is 54.3 Å². The van der Waals surface area contributed by atoms with E-state index in [2.05, 4.69) is 11.9 Å². The minimum Gasteiger partial charge on any atom is -0.465 e. The quantitative estimate of drug-likeness (QED) is 0.149. The second-order valence-corrected chi connectivity index (χ2v) is 10.4. The van der Waals surface area contributed by atoms with Crippen molar-refractivity contribution >= 4 is 30.0 Å². The van der Waals surface area contributed by atoms with Crippen LogP contribution in [0.3, 0.4) is 0 Å². The number of hydrogen-bond donors (Lipinski definition) is 0. The third-order valence-electron chi connectivity index (χ3n) is 7.39. The maximum Gasteiger partial charge on any atom is 0.337 e. The van der Waals surface area contributed by atoms with Gasteiger partial charge in [-0.3, -0.25) is 14.6 Å². The summed E-state index contributed by atoms with van der Waals surface area (Å²) in [5, 5.41) is 0. The van der Waals surface area contributed by atoms with Crippen molar-refractivity contribution < 1.29 is 28.7 Å². The number of unbranched alkanes of at least 4 members (excludes halogenated alkanes) is 2. The predicted octanol–water partition coefficient (Wildman–Crippen LogP) is 5.45. The molecule has 43 heavy (non-hydrogen) atoms. The second kappa shape index (κ2) is 14.4. The Bertz CT molecular complexity index is 1490. The summed E-state index contributed by atoms with van der Waals surface area (Å²) in [5.74, 6) is -0.331. The van der Waals surface area contributed by atoms with Crippen molar-refractivity contribution in [3.63, 3.8) is 0 Å². The first-order chi connectivity index (χ1) is 20.8. The Morgan fingerprint density at radius 1 is 0.791 bits per heavy atom. The standard InChI is InChI=1S/C33H38N4O6/c1-5-7-9-29-34-20-27(36(29)21-23-10-14-25(15-11-23)31(39)42-3)19-28-30(38)35(18-8-6-2)33(41)37(28)22-24-12-16-26(17-13-24)32(40)43-4/h10-17,19-20H,5-9,18,21-22H2,1-4H3/b28-19-. The van der Waals surface area contributed by atoms with Gasteiger partial charge >= 0.3 is 18.0 Å². The summed E-state index contributed by atoms with van der Waals surface area (Å²) in [6.45, 7) is 5.08. The van der Waals surface area contributed by atoms with Crippen molar-refractivity contribution in [2.45, 2.75) is 59.0 Å². The van der Waals surface area contributed by atoms with Crippen LogP contribution in [0.15, 0.2) is 60.4 Å². The van der Waals surface area contributed by atoms with Gasteiger partial charge in [-0.25, -0.2) is 19.4 Å². The summed E-state index contributed by atoms with van der Waals surface area (Å²) in [5.41, 5.74) is 3.54. The first-order valence-electron chi connectivity index (χ1n) is 14.5. The minimum atomic E-state index is -0.447. The van der Waals surface area contributed by atoms with E-state index in [-0.39, 0.29) is 24.2 Å². The normalized spacial score (nSPS) is 14.1. The number of benzene rings is 2. The number of aryl methyl sites for hydroxylation is 1. The highest BCUT2D eigenvalue weighted by Gasteiger charge is 2.40. The molecular weight excluding hydrogens is 548 g/mol. The highest BCUT2D eigenvalue weighted by Crippen LogP contribution is 2.27. The average Bonchev–Trinajstić information content (AvgIpc) is 3.50. The Labute approximate surface area is 251 Å². The van der Waals surface area contributed by atoms with Crippen LogP contribution in [-0.2, 0) is 33.8 Å². The van der Waals surface area contributed by atoms with Crippen LogP contribution in [0, 0.1) is 0 Å². The highest BCUT2D eigenvalue weighted by molar-refractivity contribution is 6.13. The monoisotopic (exact) mass is 586 g/mol. The van der Waals surface area contributed by atoms with Crippen molar-refractivity contribution in [1.29, 1.82) is 0 Å². The molecule has 0 aliphatic carbocycles. The fourth-order valence-electron chi connectivity index (χ4n) is 4.89. The van der Waals surface area contributed by atoms with Gasteiger partial charge in [0, 0.05) is 19.5 Å². The number of esters is 2. The number of carbonyl (C=O) groups is 4. The molecule has 0 spiro atoms. The van der Waals surface area contributed by atoms with E-state index in [4.69, 9.17) is 9.47 Å². The Kier molecular flexibility index (Phi) is 10.5. The summed E-state index contributed by atoms with van der Waals surface area (Å²) >= 11 is 0. The second-order valence-electron chi connectivity index (χ2n) is 10.4. The van der Waals surface area contributed by atoms with Gasteiger partial charge in [0.1, 0.15) is 11.5 Å². The molecule has 0 unspecified atom stereocenters. The molecule has 1 aromatic heterocycles. The fourth-order valence-corrected chi connectivity index (χ4v) is 4.89. The third kappa shape index (κ3) is 7.20. The molecule has 1 fully saturated rings. The van der Waals surface area contributed by atoms with Crippen LogP contribution < -0.4 is 0 Å². The molecule has 3 amide bonds. The van der Waals surface area contributed by atoms with E-state index in [0.717, 1.165) is 42.6 Å². The molecule has 10 heteroatoms. The van der Waals surface area contributed by atoms with E-state index < -0.39 is 11.9 Å². The largest absolute Gasteiger partial charge is 0.465 e. The number of imidazole rings is 1. The van der Waals surface area contributed by atoms with Gasteiger partial charge in [0.15, 0.2) is 0 Å². The molecule has 2 aromatic carbocycles. The molecule has 4 rings (SSSR count). The molecule has 0 bridgehead atoms. The number of nitrogens with zero attached hydrogens (tertiary/aromatic N) is 4. The van der Waals surface area contributed by atoms with Gasteiger partial charge in [-0.1, -0.05) is 51.0 Å². The molecule has 1 aliphatic heterocycles. The topological polar surface area (TPSA) is 111 Å². The van der Waals surface area contributed by atoms with Gasteiger partial charge in [-0.2, -0.15) is 0 Å². The molecule has 226 valence electrons. The van der Waals surface area contributed by atoms with E-state index in [1.54, 1.807) is 48.7 Å². The smallest absolute Gasteiger partial charge is 0.337 e. The van der Waals surface area contributed by atoms with Gasteiger partial charge in [0.2, 0.25) is 0 Å². The first kappa shape index (κ1) is 31.2. The van der Waals surface area contributed by atoms with E-state index in [1.165, 1.54) is 24.0 Å². The van der Waals surface area contributed by atoms with Crippen LogP contribution >= 0.6 is 0 Å². The number of methoxy groups -OCH3 is 2. The predicted molar refractivity (Wildman–Crippen MR) is 161 cm³/mol. The van der Waals surface area contributed by atoms with Crippen molar-refractivity contribution in [3.05, 3.63) is 94.2 Å². The molecule has 0 radical (unpaired) electrons. The number of imide groups is 1. The number of ether oxygens (including phenoxy) is 2. The van der Waals surface area contributed by atoms with Crippen LogP contribution in [-0.4, -0.2) is 64.0 Å². The number of urea groups is 1. The van der Waals surface area contributed by atoms with Crippen LogP contribution in [0.2, 0.25) is 0 Å². The Morgan fingerprint density at radius 2 is 1.35 bits per heavy atom. The van der Waals surface area contributed by atoms with Crippen molar-refractivity contribution in [1.82, 2.24) is 19.4 Å². The average molecular weight is 587 g/mol. The lowest BCUT2D eigenvalue weighted by Crippen LogP contribution is -2.33. The maximum absolute atomic E-state index is 13.6. The SMILES string of the molecule is CCCCc1ncc(/C=C2/C(=O)N(CCCC)C(=O)N2Cc2ccc(C(=O)OC)cc2)n1Cc1ccc(C(=O)OC)cc1. The molecule has 0 N–H and O–H groups in total. The van der Waals surface area contributed by atoms with Gasteiger partial charge < -0.3 is 14.0 Å². The van der Waals surface area contributed by atoms with E-state index >= 15 is 0 Å². The lowest BCUT2D eigenvalue weighted by molar-refractivity contribution is -0.123. The van der Waals surface area contributed by atoms with Crippen LogP contribution in [0.4, 0.5) is 4.79 Å². The summed E-state index contributed by atoms with van der Waals surface area (Å²) in [7, 11) is 2.67. The zero-order chi connectivity index (χ0) is 30.9. The van der Waals surface area contributed by atoms with Gasteiger partial charge in [-0.15, -0.1) is 0 Å². The molecule has 3 aromatic rings. The fraction of sp³-hybridized carbons (Fsp3) is 0.364. The van der Waals surface area contributed by atoms with E-state index in [9.17, 15) is 19.2 Å². The molecule has 0 atom stereocenters. The van der Waals surface area contributed by atoms with E-state index in [1.807, 2.05) is 23.6 Å². The summed E-state index contributed by atoms with van der Waals surface area (Å²) in [6.07, 6.45) is 7.71. The van der Waals surface area contributed by atoms with E-state index in [0.29, 0.717) is 36.3 Å². The molecule has 10 nitrogen and oxygen atoms in total. The highest BCUT2D eigenvalue weighted by atomic mass is 16.5. The van der Waals surface area contributed by atoms with Crippen molar-refractivity contribution in [2.75, 3.05) is 20.8 Å². The number of carbonyl (C=O) groups excluding carboxylic acids is 4. The zero-order valence-corrected chi connectivity index (χ0v) is 25.2. The number of rotatable bonds is 13. The lowest BCUT2D eigenvalue weighted by atomic mass is 10.1. The van der Waals surface area contributed by atoms with Crippen LogP contribution in [0.25, 0.3) is 6.08 Å². The molecule has 1 aliphatic rings. The number of hydrogen-bond acceptors (Lipinski definition) is 7. The van der Waals surface area contributed by atoms with Crippen molar-refractivity contribution in [2.24, 2.45) is 0 Å². The Balaban J connectivity index is 1.71. The molecule has 0 saturated carbocycles. The first-order valence-corrected chi connectivity index (χ1v) is 14.5. The maximum atomic E-state index is 13.6. The molecule has 1 saturated heterocycles. The zero-order valence-electron chi connectivity index (χ0n) is 25.2. The summed E-state index contributed by atoms with van der Waals surface area (Å²) < 4.78 is 11.6. The molecule has 2 heterocycles. The van der Waals surface area contributed by atoms with Crippen LogP contribution in [0.5, 0.6) is 0 Å². The molecular formula is C33H38N4O6.